The standard InChI is InChI=1S/C14H21ClFNO/c1-3-7-17-8-6-14(2,18)10-11-4-5-12(15)9-13(11)16/h4-5,9,17-18H,3,6-8,10H2,1-2H3. The highest BCUT2D eigenvalue weighted by molar-refractivity contribution is 6.30. The minimum Gasteiger partial charge on any atom is -0.390 e. The smallest absolute Gasteiger partial charge is 0.127 e. The predicted molar refractivity (Wildman–Crippen MR) is 73.5 cm³/mol. The summed E-state index contributed by atoms with van der Waals surface area (Å²) in [5.74, 6) is -0.357. The van der Waals surface area contributed by atoms with Crippen LogP contribution in [0.4, 0.5) is 4.39 Å². The zero-order valence-electron chi connectivity index (χ0n) is 11.0. The molecule has 0 aliphatic rings. The van der Waals surface area contributed by atoms with Crippen molar-refractivity contribution >= 4 is 11.6 Å². The summed E-state index contributed by atoms with van der Waals surface area (Å²) in [4.78, 5) is 0. The van der Waals surface area contributed by atoms with E-state index in [0.717, 1.165) is 19.5 Å². The Balaban J connectivity index is 2.53. The SMILES string of the molecule is CCCNCCC(C)(O)Cc1ccc(Cl)cc1F. The lowest BCUT2D eigenvalue weighted by molar-refractivity contribution is 0.0507. The Morgan fingerprint density at radius 3 is 2.72 bits per heavy atom. The second-order valence-corrected chi connectivity index (χ2v) is 5.35. The second-order valence-electron chi connectivity index (χ2n) is 4.91. The average Bonchev–Trinajstić information content (AvgIpc) is 2.28. The van der Waals surface area contributed by atoms with Crippen molar-refractivity contribution in [3.8, 4) is 0 Å². The zero-order valence-corrected chi connectivity index (χ0v) is 11.7. The number of halogens is 2. The molecule has 0 amide bonds. The minimum absolute atomic E-state index is 0.295. The van der Waals surface area contributed by atoms with Crippen LogP contribution >= 0.6 is 11.6 Å². The van der Waals surface area contributed by atoms with E-state index in [1.807, 2.05) is 0 Å². The maximum atomic E-state index is 13.6. The zero-order chi connectivity index (χ0) is 13.6. The molecule has 0 saturated carbocycles. The number of rotatable bonds is 7. The van der Waals surface area contributed by atoms with E-state index >= 15 is 0 Å². The Bertz CT molecular complexity index is 382. The van der Waals surface area contributed by atoms with E-state index in [2.05, 4.69) is 12.2 Å². The highest BCUT2D eigenvalue weighted by atomic mass is 35.5. The molecular weight excluding hydrogens is 253 g/mol. The fourth-order valence-corrected chi connectivity index (χ4v) is 1.98. The molecule has 1 aromatic carbocycles. The number of nitrogens with one attached hydrogen (secondary N) is 1. The van der Waals surface area contributed by atoms with Crippen molar-refractivity contribution in [3.63, 3.8) is 0 Å². The first-order valence-corrected chi connectivity index (χ1v) is 6.69. The van der Waals surface area contributed by atoms with Crippen LogP contribution in [0.3, 0.4) is 0 Å². The van der Waals surface area contributed by atoms with Crippen LogP contribution in [0.2, 0.25) is 5.02 Å². The van der Waals surface area contributed by atoms with Gasteiger partial charge in [-0.15, -0.1) is 0 Å². The lowest BCUT2D eigenvalue weighted by atomic mass is 9.93. The second kappa shape index (κ2) is 7.07. The third-order valence-corrected chi connectivity index (χ3v) is 3.09. The molecule has 0 aromatic heterocycles. The summed E-state index contributed by atoms with van der Waals surface area (Å²) in [6, 6.07) is 4.55. The number of aliphatic hydroxyl groups is 1. The van der Waals surface area contributed by atoms with Gasteiger partial charge in [0.15, 0.2) is 0 Å². The van der Waals surface area contributed by atoms with Gasteiger partial charge in [-0.25, -0.2) is 4.39 Å². The molecule has 0 fully saturated rings. The fourth-order valence-electron chi connectivity index (χ4n) is 1.82. The molecule has 2 nitrogen and oxygen atoms in total. The van der Waals surface area contributed by atoms with Gasteiger partial charge in [-0.2, -0.15) is 0 Å². The summed E-state index contributed by atoms with van der Waals surface area (Å²) in [7, 11) is 0. The van der Waals surface area contributed by atoms with E-state index in [0.29, 0.717) is 23.4 Å². The Labute approximate surface area is 113 Å². The van der Waals surface area contributed by atoms with Gasteiger partial charge in [-0.1, -0.05) is 24.6 Å². The van der Waals surface area contributed by atoms with Crippen molar-refractivity contribution < 1.29 is 9.50 Å². The van der Waals surface area contributed by atoms with Crippen LogP contribution in [0.1, 0.15) is 32.3 Å². The van der Waals surface area contributed by atoms with Crippen molar-refractivity contribution in [2.24, 2.45) is 0 Å². The van der Waals surface area contributed by atoms with Crippen LogP contribution in [0.5, 0.6) is 0 Å². The monoisotopic (exact) mass is 273 g/mol. The molecule has 18 heavy (non-hydrogen) atoms. The van der Waals surface area contributed by atoms with E-state index in [1.165, 1.54) is 6.07 Å². The third-order valence-electron chi connectivity index (χ3n) is 2.85. The maximum Gasteiger partial charge on any atom is 0.127 e. The Morgan fingerprint density at radius 1 is 1.39 bits per heavy atom. The van der Waals surface area contributed by atoms with Crippen LogP contribution in [0.25, 0.3) is 0 Å². The van der Waals surface area contributed by atoms with Gasteiger partial charge >= 0.3 is 0 Å². The Morgan fingerprint density at radius 2 is 2.11 bits per heavy atom. The van der Waals surface area contributed by atoms with Crippen LogP contribution in [-0.2, 0) is 6.42 Å². The third kappa shape index (κ3) is 5.34. The first-order chi connectivity index (χ1) is 8.44. The van der Waals surface area contributed by atoms with Crippen molar-refractivity contribution in [3.05, 3.63) is 34.6 Å². The molecule has 0 radical (unpaired) electrons. The minimum atomic E-state index is -0.907. The van der Waals surface area contributed by atoms with Gasteiger partial charge in [-0.3, -0.25) is 0 Å². The largest absolute Gasteiger partial charge is 0.390 e. The summed E-state index contributed by atoms with van der Waals surface area (Å²) in [5.41, 5.74) is -0.407. The molecule has 2 N–H and O–H groups in total. The van der Waals surface area contributed by atoms with Gasteiger partial charge in [0.05, 0.1) is 5.60 Å². The van der Waals surface area contributed by atoms with Gasteiger partial charge < -0.3 is 10.4 Å². The van der Waals surface area contributed by atoms with Crippen LogP contribution < -0.4 is 5.32 Å². The van der Waals surface area contributed by atoms with E-state index in [9.17, 15) is 9.50 Å². The molecule has 1 rings (SSSR count). The van der Waals surface area contributed by atoms with E-state index in [-0.39, 0.29) is 5.82 Å². The predicted octanol–water partition coefficient (Wildman–Crippen LogP) is 3.16. The van der Waals surface area contributed by atoms with Crippen LogP contribution in [0.15, 0.2) is 18.2 Å². The van der Waals surface area contributed by atoms with Gasteiger partial charge in [0.1, 0.15) is 5.82 Å². The summed E-state index contributed by atoms with van der Waals surface area (Å²) in [6.45, 7) is 5.49. The summed E-state index contributed by atoms with van der Waals surface area (Å²) in [6.07, 6.45) is 1.95. The molecule has 0 aliphatic heterocycles. The molecule has 0 spiro atoms. The molecule has 0 aliphatic carbocycles. The van der Waals surface area contributed by atoms with Crippen molar-refractivity contribution in [2.45, 2.75) is 38.7 Å². The van der Waals surface area contributed by atoms with E-state index in [1.54, 1.807) is 19.1 Å². The quantitative estimate of drug-likeness (QED) is 0.748. The molecule has 4 heteroatoms. The molecule has 0 bridgehead atoms. The topological polar surface area (TPSA) is 32.3 Å². The highest BCUT2D eigenvalue weighted by Crippen LogP contribution is 2.21. The Hall–Kier alpha value is -0.640. The Kier molecular flexibility index (Phi) is 6.06. The molecule has 0 heterocycles. The first-order valence-electron chi connectivity index (χ1n) is 6.31. The lowest BCUT2D eigenvalue weighted by Gasteiger charge is -2.24. The van der Waals surface area contributed by atoms with Gasteiger partial charge in [0, 0.05) is 11.4 Å². The average molecular weight is 274 g/mol. The molecular formula is C14H21ClFNO. The number of hydrogen-bond donors (Lipinski definition) is 2. The number of hydrogen-bond acceptors (Lipinski definition) is 2. The van der Waals surface area contributed by atoms with Crippen LogP contribution in [-0.4, -0.2) is 23.8 Å². The van der Waals surface area contributed by atoms with Crippen molar-refractivity contribution in [2.75, 3.05) is 13.1 Å². The normalized spacial score (nSPS) is 14.5. The molecule has 0 saturated heterocycles. The van der Waals surface area contributed by atoms with E-state index in [4.69, 9.17) is 11.6 Å². The number of benzene rings is 1. The van der Waals surface area contributed by atoms with Gasteiger partial charge in [0.25, 0.3) is 0 Å². The maximum absolute atomic E-state index is 13.6. The summed E-state index contributed by atoms with van der Waals surface area (Å²) >= 11 is 5.69. The molecule has 102 valence electrons. The first kappa shape index (κ1) is 15.4. The van der Waals surface area contributed by atoms with Gasteiger partial charge in [-0.05, 0) is 50.6 Å². The van der Waals surface area contributed by atoms with Gasteiger partial charge in [0.2, 0.25) is 0 Å². The summed E-state index contributed by atoms with van der Waals surface area (Å²) in [5, 5.41) is 13.8. The van der Waals surface area contributed by atoms with E-state index < -0.39 is 5.60 Å². The van der Waals surface area contributed by atoms with Crippen molar-refractivity contribution in [1.82, 2.24) is 5.32 Å². The fraction of sp³-hybridized carbons (Fsp3) is 0.571. The van der Waals surface area contributed by atoms with Crippen LogP contribution in [0, 0.1) is 5.82 Å². The molecule has 1 aromatic rings. The molecule has 1 atom stereocenters. The molecule has 1 unspecified atom stereocenters. The lowest BCUT2D eigenvalue weighted by Crippen LogP contribution is -2.32. The summed E-state index contributed by atoms with van der Waals surface area (Å²) < 4.78 is 13.6. The van der Waals surface area contributed by atoms with Crippen molar-refractivity contribution in [1.29, 1.82) is 0 Å². The highest BCUT2D eigenvalue weighted by Gasteiger charge is 2.22.